The number of pyridine rings is 1. The van der Waals surface area contributed by atoms with Crippen LogP contribution < -0.4 is 9.46 Å². The van der Waals surface area contributed by atoms with E-state index in [4.69, 9.17) is 4.74 Å². The van der Waals surface area contributed by atoms with E-state index in [0.29, 0.717) is 16.1 Å². The molecule has 0 aliphatic rings. The van der Waals surface area contributed by atoms with E-state index in [-0.39, 0.29) is 11.6 Å². The van der Waals surface area contributed by atoms with Gasteiger partial charge in [-0.3, -0.25) is 4.72 Å². The van der Waals surface area contributed by atoms with Gasteiger partial charge in [-0.15, -0.1) is 0 Å². The summed E-state index contributed by atoms with van der Waals surface area (Å²) in [5.74, 6) is -2.02. The second-order valence-corrected chi connectivity index (χ2v) is 6.80. The number of benzene rings is 1. The Morgan fingerprint density at radius 2 is 2.00 bits per heavy atom. The first-order chi connectivity index (χ1) is 10.3. The first kappa shape index (κ1) is 16.6. The molecule has 2 rings (SSSR count). The summed E-state index contributed by atoms with van der Waals surface area (Å²) in [5.41, 5.74) is 0.582. The fourth-order valence-corrected chi connectivity index (χ4v) is 3.20. The van der Waals surface area contributed by atoms with Gasteiger partial charge in [-0.05, 0) is 40.5 Å². The molecule has 0 saturated heterocycles. The van der Waals surface area contributed by atoms with Gasteiger partial charge in [0, 0.05) is 16.7 Å². The van der Waals surface area contributed by atoms with E-state index in [2.05, 4.69) is 25.6 Å². The van der Waals surface area contributed by atoms with Gasteiger partial charge in [0.2, 0.25) is 5.88 Å². The van der Waals surface area contributed by atoms with Crippen LogP contribution in [0.3, 0.4) is 0 Å². The van der Waals surface area contributed by atoms with Crippen molar-refractivity contribution in [1.29, 1.82) is 0 Å². The van der Waals surface area contributed by atoms with Crippen LogP contribution in [0.15, 0.2) is 33.8 Å². The van der Waals surface area contributed by atoms with E-state index >= 15 is 0 Å². The fourth-order valence-electron chi connectivity index (χ4n) is 1.71. The van der Waals surface area contributed by atoms with Gasteiger partial charge in [-0.25, -0.2) is 22.2 Å². The molecule has 1 aromatic heterocycles. The maximum Gasteiger partial charge on any atom is 0.265 e. The van der Waals surface area contributed by atoms with Gasteiger partial charge in [0.25, 0.3) is 10.0 Å². The van der Waals surface area contributed by atoms with Crippen LogP contribution in [0, 0.1) is 18.6 Å². The van der Waals surface area contributed by atoms with Crippen molar-refractivity contribution in [2.45, 2.75) is 11.8 Å². The summed E-state index contributed by atoms with van der Waals surface area (Å²) in [6.45, 7) is 1.63. The Labute approximate surface area is 134 Å². The van der Waals surface area contributed by atoms with Crippen molar-refractivity contribution >= 4 is 31.6 Å². The van der Waals surface area contributed by atoms with E-state index in [1.165, 1.54) is 13.3 Å². The number of sulfonamides is 1. The maximum atomic E-state index is 13.7. The lowest BCUT2D eigenvalue weighted by Gasteiger charge is -2.14. The zero-order valence-corrected chi connectivity index (χ0v) is 13.9. The fraction of sp³-hybridized carbons (Fsp3) is 0.154. The Hall–Kier alpha value is -1.74. The van der Waals surface area contributed by atoms with Crippen molar-refractivity contribution < 1.29 is 21.9 Å². The molecule has 9 heteroatoms. The van der Waals surface area contributed by atoms with Crippen molar-refractivity contribution in [3.8, 4) is 5.88 Å². The summed E-state index contributed by atoms with van der Waals surface area (Å²) in [5, 5.41) is 0. The molecule has 118 valence electrons. The van der Waals surface area contributed by atoms with Gasteiger partial charge in [-0.2, -0.15) is 0 Å². The highest BCUT2D eigenvalue weighted by Gasteiger charge is 2.23. The summed E-state index contributed by atoms with van der Waals surface area (Å²) in [6.07, 6.45) is 1.45. The van der Waals surface area contributed by atoms with Crippen LogP contribution in [-0.4, -0.2) is 20.5 Å². The lowest BCUT2D eigenvalue weighted by molar-refractivity contribution is 0.399. The van der Waals surface area contributed by atoms with Gasteiger partial charge in [0.05, 0.1) is 7.11 Å². The molecule has 0 atom stereocenters. The molecule has 0 spiro atoms. The molecule has 0 bridgehead atoms. The molecule has 2 aromatic rings. The second-order valence-electron chi connectivity index (χ2n) is 4.30. The van der Waals surface area contributed by atoms with Crippen LogP contribution in [0.4, 0.5) is 14.5 Å². The highest BCUT2D eigenvalue weighted by molar-refractivity contribution is 9.10. The topological polar surface area (TPSA) is 68.3 Å². The molecule has 0 fully saturated rings. The molecule has 0 unspecified atom stereocenters. The summed E-state index contributed by atoms with van der Waals surface area (Å²) in [7, 11) is -2.94. The molecule has 1 N–H and O–H groups in total. The predicted molar refractivity (Wildman–Crippen MR) is 80.4 cm³/mol. The molecular weight excluding hydrogens is 382 g/mol. The molecule has 22 heavy (non-hydrogen) atoms. The number of aromatic nitrogens is 1. The van der Waals surface area contributed by atoms with Gasteiger partial charge in [0.15, 0.2) is 0 Å². The number of anilines is 1. The van der Waals surface area contributed by atoms with Crippen molar-refractivity contribution in [2.24, 2.45) is 0 Å². The summed E-state index contributed by atoms with van der Waals surface area (Å²) >= 11 is 3.22. The van der Waals surface area contributed by atoms with Gasteiger partial charge < -0.3 is 4.74 Å². The predicted octanol–water partition coefficient (Wildman–Crippen LogP) is 3.24. The van der Waals surface area contributed by atoms with Crippen LogP contribution in [-0.2, 0) is 10.0 Å². The molecule has 0 aliphatic heterocycles. The number of methoxy groups -OCH3 is 1. The molecule has 5 nitrogen and oxygen atoms in total. The molecule has 0 amide bonds. The minimum Gasteiger partial charge on any atom is -0.479 e. The molecule has 0 saturated carbocycles. The lowest BCUT2D eigenvalue weighted by Crippen LogP contribution is -2.16. The number of rotatable bonds is 4. The number of halogens is 3. The normalized spacial score (nSPS) is 11.3. The minimum atomic E-state index is -4.27. The second kappa shape index (κ2) is 6.17. The third-order valence-electron chi connectivity index (χ3n) is 2.86. The first-order valence-electron chi connectivity index (χ1n) is 5.93. The Kier molecular flexibility index (Phi) is 4.66. The maximum absolute atomic E-state index is 13.7. The van der Waals surface area contributed by atoms with Crippen molar-refractivity contribution in [3.05, 3.63) is 46.1 Å². The Bertz CT molecular complexity index is 828. The number of hydrogen-bond acceptors (Lipinski definition) is 4. The first-order valence-corrected chi connectivity index (χ1v) is 8.21. The van der Waals surface area contributed by atoms with Gasteiger partial charge in [-0.1, -0.05) is 0 Å². The lowest BCUT2D eigenvalue weighted by atomic mass is 10.2. The van der Waals surface area contributed by atoms with Crippen LogP contribution in [0.1, 0.15) is 5.56 Å². The number of ether oxygens (including phenoxy) is 1. The quantitative estimate of drug-likeness (QED) is 0.866. The zero-order valence-electron chi connectivity index (χ0n) is 11.5. The SMILES string of the molecule is COc1ncc(Br)c(C)c1NS(=O)(=O)c1ccc(F)cc1F. The van der Waals surface area contributed by atoms with Crippen molar-refractivity contribution in [1.82, 2.24) is 4.98 Å². The third-order valence-corrected chi connectivity index (χ3v) is 5.04. The van der Waals surface area contributed by atoms with Gasteiger partial charge in [0.1, 0.15) is 22.2 Å². The monoisotopic (exact) mass is 392 g/mol. The molecule has 1 aromatic carbocycles. The van der Waals surface area contributed by atoms with E-state index in [1.54, 1.807) is 6.92 Å². The highest BCUT2D eigenvalue weighted by Crippen LogP contribution is 2.33. The Morgan fingerprint density at radius 3 is 2.59 bits per heavy atom. The molecular formula is C13H11BrF2N2O3S. The standard InChI is InChI=1S/C13H11BrF2N2O3S/c1-7-9(14)6-17-13(21-2)12(7)18-22(19,20)11-4-3-8(15)5-10(11)16/h3-6,18H,1-2H3. The Balaban J connectivity index is 2.52. The molecule has 0 aliphatic carbocycles. The summed E-state index contributed by atoms with van der Waals surface area (Å²) in [6, 6.07) is 2.21. The summed E-state index contributed by atoms with van der Waals surface area (Å²) < 4.78 is 59.0. The average Bonchev–Trinajstić information content (AvgIpc) is 2.43. The largest absolute Gasteiger partial charge is 0.479 e. The number of nitrogens with zero attached hydrogens (tertiary/aromatic N) is 1. The van der Waals surface area contributed by atoms with Crippen LogP contribution in [0.5, 0.6) is 5.88 Å². The molecule has 1 heterocycles. The third kappa shape index (κ3) is 3.20. The van der Waals surface area contributed by atoms with E-state index in [0.717, 1.165) is 12.1 Å². The van der Waals surface area contributed by atoms with E-state index in [9.17, 15) is 17.2 Å². The van der Waals surface area contributed by atoms with Gasteiger partial charge >= 0.3 is 0 Å². The van der Waals surface area contributed by atoms with E-state index in [1.807, 2.05) is 0 Å². The van der Waals surface area contributed by atoms with Crippen LogP contribution >= 0.6 is 15.9 Å². The van der Waals surface area contributed by atoms with E-state index < -0.39 is 26.6 Å². The van der Waals surface area contributed by atoms with Crippen molar-refractivity contribution in [3.63, 3.8) is 0 Å². The molecule has 0 radical (unpaired) electrons. The van der Waals surface area contributed by atoms with Crippen LogP contribution in [0.2, 0.25) is 0 Å². The average molecular weight is 393 g/mol. The summed E-state index contributed by atoms with van der Waals surface area (Å²) in [4.78, 5) is 3.25. The highest BCUT2D eigenvalue weighted by atomic mass is 79.9. The Morgan fingerprint density at radius 1 is 1.32 bits per heavy atom. The zero-order chi connectivity index (χ0) is 16.5. The number of nitrogens with one attached hydrogen (secondary N) is 1. The van der Waals surface area contributed by atoms with Crippen LogP contribution in [0.25, 0.3) is 0 Å². The van der Waals surface area contributed by atoms with Crippen molar-refractivity contribution in [2.75, 3.05) is 11.8 Å². The smallest absolute Gasteiger partial charge is 0.265 e. The minimum absolute atomic E-state index is 0.0341. The number of hydrogen-bond donors (Lipinski definition) is 1.